The normalized spacial score (nSPS) is 12.2. The van der Waals surface area contributed by atoms with Gasteiger partial charge in [-0.15, -0.1) is 0 Å². The summed E-state index contributed by atoms with van der Waals surface area (Å²) in [5, 5.41) is 3.98. The Bertz CT molecular complexity index is 340. The molecule has 1 rings (SSSR count). The maximum Gasteiger partial charge on any atom is 0.120 e. The van der Waals surface area contributed by atoms with Crippen LogP contribution >= 0.6 is 23.2 Å². The summed E-state index contributed by atoms with van der Waals surface area (Å²) in [6.45, 7) is 0.991. The van der Waals surface area contributed by atoms with Gasteiger partial charge < -0.3 is 15.8 Å². The monoisotopic (exact) mass is 261 g/mol. The zero-order valence-electron chi connectivity index (χ0n) is 8.62. The number of anilines is 1. The van der Waals surface area contributed by atoms with E-state index in [-0.39, 0.29) is 5.92 Å². The van der Waals surface area contributed by atoms with Gasteiger partial charge in [0.2, 0.25) is 0 Å². The Labute approximate surface area is 104 Å². The van der Waals surface area contributed by atoms with Crippen LogP contribution in [0.25, 0.3) is 0 Å². The molecule has 0 saturated heterocycles. The van der Waals surface area contributed by atoms with Crippen molar-refractivity contribution in [3.8, 4) is 0 Å². The number of pyridine rings is 1. The highest BCUT2D eigenvalue weighted by atomic mass is 35.5. The molecule has 4 nitrogen and oxygen atoms in total. The lowest BCUT2D eigenvalue weighted by atomic mass is 10.1. The average molecular weight is 262 g/mol. The van der Waals surface area contributed by atoms with Crippen molar-refractivity contribution in [3.63, 3.8) is 0 Å². The zero-order valence-corrected chi connectivity index (χ0v) is 10.1. The summed E-state index contributed by atoms with van der Waals surface area (Å²) in [6.07, 6.45) is 4.29. The van der Waals surface area contributed by atoms with E-state index >= 15 is 0 Å². The van der Waals surface area contributed by atoms with Crippen molar-refractivity contribution in [1.82, 2.24) is 4.98 Å². The highest BCUT2D eigenvalue weighted by Gasteiger charge is 2.09. The van der Waals surface area contributed by atoms with Crippen LogP contribution in [0.5, 0.6) is 0 Å². The molecule has 0 aliphatic heterocycles. The van der Waals surface area contributed by atoms with Gasteiger partial charge in [0.15, 0.2) is 0 Å². The minimum absolute atomic E-state index is 0.0813. The van der Waals surface area contributed by atoms with Crippen molar-refractivity contribution in [2.45, 2.75) is 6.42 Å². The fourth-order valence-electron chi connectivity index (χ4n) is 1.23. The van der Waals surface area contributed by atoms with E-state index in [1.807, 2.05) is 0 Å². The fourth-order valence-corrected chi connectivity index (χ4v) is 1.72. The van der Waals surface area contributed by atoms with E-state index in [4.69, 9.17) is 28.9 Å². The third-order valence-electron chi connectivity index (χ3n) is 2.18. The summed E-state index contributed by atoms with van der Waals surface area (Å²) < 4.78 is 0. The molecular formula is C10H13Cl2N3O. The molecule has 0 spiro atoms. The third kappa shape index (κ3) is 3.63. The number of nitrogens with one attached hydrogen (secondary N) is 1. The molecule has 1 atom stereocenters. The Hall–Kier alpha value is -0.840. The van der Waals surface area contributed by atoms with Crippen LogP contribution in [0, 0.1) is 5.92 Å². The molecule has 0 saturated carbocycles. The van der Waals surface area contributed by atoms with Crippen molar-refractivity contribution in [2.75, 3.05) is 18.4 Å². The van der Waals surface area contributed by atoms with Gasteiger partial charge in [0.1, 0.15) is 6.29 Å². The van der Waals surface area contributed by atoms with Gasteiger partial charge in [-0.05, 0) is 12.5 Å². The molecule has 1 aromatic rings. The number of nitrogens with two attached hydrogens (primary N) is 1. The number of carbonyl (C=O) groups is 1. The summed E-state index contributed by atoms with van der Waals surface area (Å²) in [4.78, 5) is 14.2. The van der Waals surface area contributed by atoms with Gasteiger partial charge in [0.25, 0.3) is 0 Å². The van der Waals surface area contributed by atoms with Gasteiger partial charge >= 0.3 is 0 Å². The molecule has 0 aromatic carbocycles. The molecule has 3 N–H and O–H groups in total. The van der Waals surface area contributed by atoms with Crippen LogP contribution in [-0.2, 0) is 4.79 Å². The topological polar surface area (TPSA) is 68.0 Å². The molecule has 0 aliphatic rings. The third-order valence-corrected chi connectivity index (χ3v) is 2.76. The summed E-state index contributed by atoms with van der Waals surface area (Å²) in [5.74, 6) is 0.0813. The molecule has 16 heavy (non-hydrogen) atoms. The molecule has 1 heterocycles. The predicted octanol–water partition coefficient (Wildman–Crippen LogP) is 1.96. The van der Waals surface area contributed by atoms with Gasteiger partial charge in [0.05, 0.1) is 15.7 Å². The minimum Gasteiger partial charge on any atom is -0.382 e. The highest BCUT2D eigenvalue weighted by molar-refractivity contribution is 6.38. The Balaban J connectivity index is 2.62. The molecule has 1 aromatic heterocycles. The number of carbonyl (C=O) groups excluding carboxylic acids is 1. The predicted molar refractivity (Wildman–Crippen MR) is 66.0 cm³/mol. The maximum absolute atomic E-state index is 10.4. The molecule has 6 heteroatoms. The summed E-state index contributed by atoms with van der Waals surface area (Å²) in [5.41, 5.74) is 6.15. The van der Waals surface area contributed by atoms with Gasteiger partial charge in [-0.2, -0.15) is 0 Å². The van der Waals surface area contributed by atoms with Gasteiger partial charge in [0, 0.05) is 25.4 Å². The SMILES string of the molecule is NCC(CC=O)CNc1c(Cl)cncc1Cl. The van der Waals surface area contributed by atoms with Crippen LogP contribution in [0.3, 0.4) is 0 Å². The van der Waals surface area contributed by atoms with Crippen LogP contribution in [0.4, 0.5) is 5.69 Å². The Morgan fingerprint density at radius 2 is 2.06 bits per heavy atom. The number of aromatic nitrogens is 1. The van der Waals surface area contributed by atoms with E-state index in [2.05, 4.69) is 10.3 Å². The second-order valence-electron chi connectivity index (χ2n) is 3.36. The largest absolute Gasteiger partial charge is 0.382 e. The molecule has 88 valence electrons. The Morgan fingerprint density at radius 3 is 2.56 bits per heavy atom. The molecule has 0 radical (unpaired) electrons. The summed E-state index contributed by atoms with van der Waals surface area (Å²) >= 11 is 11.8. The first-order valence-electron chi connectivity index (χ1n) is 4.85. The van der Waals surface area contributed by atoms with Gasteiger partial charge in [-0.3, -0.25) is 4.98 Å². The number of aldehydes is 1. The second kappa shape index (κ2) is 6.68. The quantitative estimate of drug-likeness (QED) is 0.769. The molecule has 1 unspecified atom stereocenters. The van der Waals surface area contributed by atoms with Gasteiger partial charge in [-0.25, -0.2) is 0 Å². The van der Waals surface area contributed by atoms with Crippen LogP contribution < -0.4 is 11.1 Å². The Morgan fingerprint density at radius 1 is 1.44 bits per heavy atom. The van der Waals surface area contributed by atoms with E-state index in [9.17, 15) is 4.79 Å². The number of halogens is 2. The first kappa shape index (κ1) is 13.2. The van der Waals surface area contributed by atoms with Crippen molar-refractivity contribution < 1.29 is 4.79 Å². The lowest BCUT2D eigenvalue weighted by Crippen LogP contribution is -2.23. The lowest BCUT2D eigenvalue weighted by molar-refractivity contribution is -0.108. The fraction of sp³-hybridized carbons (Fsp3) is 0.400. The first-order chi connectivity index (χ1) is 7.69. The molecule has 0 aliphatic carbocycles. The molecule has 0 amide bonds. The highest BCUT2D eigenvalue weighted by Crippen LogP contribution is 2.28. The number of rotatable bonds is 6. The number of nitrogens with zero attached hydrogens (tertiary/aromatic N) is 1. The van der Waals surface area contributed by atoms with E-state index in [1.54, 1.807) is 0 Å². The summed E-state index contributed by atoms with van der Waals surface area (Å²) in [7, 11) is 0. The van der Waals surface area contributed by atoms with Crippen LogP contribution in [0.15, 0.2) is 12.4 Å². The van der Waals surface area contributed by atoms with Crippen LogP contribution in [-0.4, -0.2) is 24.4 Å². The van der Waals surface area contributed by atoms with Crippen molar-refractivity contribution >= 4 is 35.2 Å². The second-order valence-corrected chi connectivity index (χ2v) is 4.18. The van der Waals surface area contributed by atoms with Crippen molar-refractivity contribution in [3.05, 3.63) is 22.4 Å². The van der Waals surface area contributed by atoms with Crippen LogP contribution in [0.1, 0.15) is 6.42 Å². The lowest BCUT2D eigenvalue weighted by Gasteiger charge is -2.15. The van der Waals surface area contributed by atoms with Crippen molar-refractivity contribution in [1.29, 1.82) is 0 Å². The van der Waals surface area contributed by atoms with E-state index in [1.165, 1.54) is 12.4 Å². The molecular weight excluding hydrogens is 249 g/mol. The smallest absolute Gasteiger partial charge is 0.120 e. The number of hydrogen-bond acceptors (Lipinski definition) is 4. The standard InChI is InChI=1S/C10H13Cl2N3O/c11-8-5-14-6-9(12)10(8)15-4-7(3-13)1-2-16/h2,5-7H,1,3-4,13H2,(H,14,15). The minimum atomic E-state index is 0.0813. The Kier molecular flexibility index (Phi) is 5.52. The van der Waals surface area contributed by atoms with E-state index in [0.717, 1.165) is 6.29 Å². The number of hydrogen-bond donors (Lipinski definition) is 2. The first-order valence-corrected chi connectivity index (χ1v) is 5.61. The molecule has 0 fully saturated rings. The van der Waals surface area contributed by atoms with E-state index in [0.29, 0.717) is 35.2 Å². The maximum atomic E-state index is 10.4. The summed E-state index contributed by atoms with van der Waals surface area (Å²) in [6, 6.07) is 0. The van der Waals surface area contributed by atoms with Crippen LogP contribution in [0.2, 0.25) is 10.0 Å². The van der Waals surface area contributed by atoms with Crippen molar-refractivity contribution in [2.24, 2.45) is 11.7 Å². The van der Waals surface area contributed by atoms with E-state index < -0.39 is 0 Å². The zero-order chi connectivity index (χ0) is 12.0. The average Bonchev–Trinajstić information content (AvgIpc) is 2.27. The van der Waals surface area contributed by atoms with Gasteiger partial charge in [-0.1, -0.05) is 23.2 Å². The molecule has 0 bridgehead atoms.